The Hall–Kier alpha value is -2.34. The molecule has 128 valence electrons. The van der Waals surface area contributed by atoms with Crippen molar-refractivity contribution in [1.82, 2.24) is 14.5 Å². The first kappa shape index (κ1) is 16.5. The van der Waals surface area contributed by atoms with Gasteiger partial charge in [0.15, 0.2) is 0 Å². The van der Waals surface area contributed by atoms with E-state index in [4.69, 9.17) is 0 Å². The van der Waals surface area contributed by atoms with Crippen molar-refractivity contribution in [2.75, 3.05) is 11.9 Å². The number of carbonyl (C=O) groups is 1. The lowest BCUT2D eigenvalue weighted by Gasteiger charge is -2.33. The fraction of sp³-hybridized carbons (Fsp3) is 0.444. The lowest BCUT2D eigenvalue weighted by Crippen LogP contribution is -2.49. The first-order chi connectivity index (χ1) is 11.4. The highest BCUT2D eigenvalue weighted by Gasteiger charge is 2.38. The monoisotopic (exact) mass is 328 g/mol. The molecule has 1 aliphatic rings. The SMILES string of the molecule is Cn1ccnc1-c1cccc(NC(=O)N2CCCC2C(C)(C)O)c1. The molecule has 1 aliphatic heterocycles. The average molecular weight is 328 g/mol. The van der Waals surface area contributed by atoms with Crippen LogP contribution in [0, 0.1) is 0 Å². The minimum atomic E-state index is -0.900. The minimum Gasteiger partial charge on any atom is -0.388 e. The van der Waals surface area contributed by atoms with E-state index in [1.165, 1.54) is 0 Å². The highest BCUT2D eigenvalue weighted by atomic mass is 16.3. The lowest BCUT2D eigenvalue weighted by molar-refractivity contribution is 0.0117. The van der Waals surface area contributed by atoms with Gasteiger partial charge in [0.1, 0.15) is 5.82 Å². The Balaban J connectivity index is 1.77. The first-order valence-corrected chi connectivity index (χ1v) is 8.24. The van der Waals surface area contributed by atoms with Crippen LogP contribution in [0.1, 0.15) is 26.7 Å². The van der Waals surface area contributed by atoms with E-state index in [-0.39, 0.29) is 12.1 Å². The number of aliphatic hydroxyl groups is 1. The van der Waals surface area contributed by atoms with Crippen molar-refractivity contribution in [2.24, 2.45) is 7.05 Å². The molecule has 6 heteroatoms. The van der Waals surface area contributed by atoms with E-state index < -0.39 is 5.60 Å². The van der Waals surface area contributed by atoms with E-state index in [0.717, 1.165) is 29.9 Å². The van der Waals surface area contributed by atoms with E-state index in [1.807, 2.05) is 42.1 Å². The standard InChI is InChI=1S/C18H24N4O2/c1-18(2,24)15-8-5-10-22(15)17(23)20-14-7-4-6-13(12-14)16-19-9-11-21(16)3/h4,6-7,9,11-12,15,24H,5,8,10H2,1-3H3,(H,20,23). The molecule has 2 N–H and O–H groups in total. The molecule has 0 bridgehead atoms. The third-order valence-corrected chi connectivity index (χ3v) is 4.52. The number of hydrogen-bond acceptors (Lipinski definition) is 3. The Kier molecular flexibility index (Phi) is 4.32. The van der Waals surface area contributed by atoms with Crippen LogP contribution in [0.2, 0.25) is 0 Å². The van der Waals surface area contributed by atoms with Crippen molar-refractivity contribution in [3.05, 3.63) is 36.7 Å². The zero-order valence-corrected chi connectivity index (χ0v) is 14.4. The van der Waals surface area contributed by atoms with Gasteiger partial charge in [-0.3, -0.25) is 0 Å². The molecule has 2 aromatic rings. The van der Waals surface area contributed by atoms with Gasteiger partial charge in [0.2, 0.25) is 0 Å². The van der Waals surface area contributed by atoms with E-state index >= 15 is 0 Å². The summed E-state index contributed by atoms with van der Waals surface area (Å²) in [6.45, 7) is 4.18. The van der Waals surface area contributed by atoms with Gasteiger partial charge in [-0.15, -0.1) is 0 Å². The van der Waals surface area contributed by atoms with Gasteiger partial charge in [-0.25, -0.2) is 9.78 Å². The van der Waals surface area contributed by atoms with Crippen LogP contribution in [-0.4, -0.2) is 43.8 Å². The fourth-order valence-electron chi connectivity index (χ4n) is 3.32. The first-order valence-electron chi connectivity index (χ1n) is 8.24. The zero-order valence-electron chi connectivity index (χ0n) is 14.4. The van der Waals surface area contributed by atoms with Gasteiger partial charge in [0.25, 0.3) is 0 Å². The van der Waals surface area contributed by atoms with Gasteiger partial charge in [-0.05, 0) is 38.8 Å². The number of carbonyl (C=O) groups excluding carboxylic acids is 1. The predicted octanol–water partition coefficient (Wildman–Crippen LogP) is 2.85. The number of nitrogens with one attached hydrogen (secondary N) is 1. The molecular weight excluding hydrogens is 304 g/mol. The summed E-state index contributed by atoms with van der Waals surface area (Å²) in [6, 6.07) is 7.31. The maximum absolute atomic E-state index is 12.6. The molecule has 0 saturated carbocycles. The summed E-state index contributed by atoms with van der Waals surface area (Å²) in [5.74, 6) is 0.849. The molecule has 1 aromatic heterocycles. The van der Waals surface area contributed by atoms with E-state index in [0.29, 0.717) is 6.54 Å². The van der Waals surface area contributed by atoms with E-state index in [1.54, 1.807) is 24.9 Å². The zero-order chi connectivity index (χ0) is 17.3. The number of nitrogens with zero attached hydrogens (tertiary/aromatic N) is 3. The quantitative estimate of drug-likeness (QED) is 0.910. The van der Waals surface area contributed by atoms with Gasteiger partial charge in [-0.2, -0.15) is 0 Å². The number of hydrogen-bond donors (Lipinski definition) is 2. The summed E-state index contributed by atoms with van der Waals surface area (Å²) >= 11 is 0. The number of urea groups is 1. The Bertz CT molecular complexity index is 733. The Morgan fingerprint density at radius 3 is 2.88 bits per heavy atom. The molecule has 0 spiro atoms. The maximum atomic E-state index is 12.6. The highest BCUT2D eigenvalue weighted by molar-refractivity contribution is 5.90. The number of imidazole rings is 1. The lowest BCUT2D eigenvalue weighted by atomic mass is 9.97. The van der Waals surface area contributed by atoms with Crippen LogP contribution in [0.3, 0.4) is 0 Å². The summed E-state index contributed by atoms with van der Waals surface area (Å²) in [5.41, 5.74) is 0.769. The summed E-state index contributed by atoms with van der Waals surface area (Å²) in [5, 5.41) is 13.2. The molecule has 1 atom stereocenters. The fourth-order valence-corrected chi connectivity index (χ4v) is 3.32. The highest BCUT2D eigenvalue weighted by Crippen LogP contribution is 2.28. The normalized spacial score (nSPS) is 18.0. The Labute approximate surface area is 142 Å². The van der Waals surface area contributed by atoms with Gasteiger partial charge in [0, 0.05) is 37.2 Å². The van der Waals surface area contributed by atoms with Gasteiger partial charge in [-0.1, -0.05) is 12.1 Å². The third-order valence-electron chi connectivity index (χ3n) is 4.52. The van der Waals surface area contributed by atoms with E-state index in [2.05, 4.69) is 10.3 Å². The molecule has 2 amide bonds. The summed E-state index contributed by atoms with van der Waals surface area (Å²) in [6.07, 6.45) is 5.37. The molecule has 1 unspecified atom stereocenters. The third kappa shape index (κ3) is 3.28. The minimum absolute atomic E-state index is 0.157. The van der Waals surface area contributed by atoms with Crippen LogP contribution >= 0.6 is 0 Å². The van der Waals surface area contributed by atoms with Crippen LogP contribution in [-0.2, 0) is 7.05 Å². The van der Waals surface area contributed by atoms with Crippen molar-refractivity contribution in [1.29, 1.82) is 0 Å². The van der Waals surface area contributed by atoms with Crippen molar-refractivity contribution in [3.63, 3.8) is 0 Å². The van der Waals surface area contributed by atoms with E-state index in [9.17, 15) is 9.90 Å². The second-order valence-electron chi connectivity index (χ2n) is 6.88. The molecule has 2 heterocycles. The number of aryl methyl sites for hydroxylation is 1. The van der Waals surface area contributed by atoms with Crippen LogP contribution in [0.5, 0.6) is 0 Å². The van der Waals surface area contributed by atoms with Crippen LogP contribution in [0.4, 0.5) is 10.5 Å². The molecule has 1 fully saturated rings. The Morgan fingerprint density at radius 2 is 2.21 bits per heavy atom. The predicted molar refractivity (Wildman–Crippen MR) is 93.7 cm³/mol. The molecule has 24 heavy (non-hydrogen) atoms. The van der Waals surface area contributed by atoms with Gasteiger partial charge < -0.3 is 19.9 Å². The van der Waals surface area contributed by atoms with Gasteiger partial charge in [0.05, 0.1) is 11.6 Å². The smallest absolute Gasteiger partial charge is 0.322 e. The molecule has 1 saturated heterocycles. The van der Waals surface area contributed by atoms with Gasteiger partial charge >= 0.3 is 6.03 Å². The second-order valence-corrected chi connectivity index (χ2v) is 6.88. The molecule has 0 aliphatic carbocycles. The topological polar surface area (TPSA) is 70.4 Å². The second kappa shape index (κ2) is 6.28. The number of rotatable bonds is 3. The number of aromatic nitrogens is 2. The summed E-state index contributed by atoms with van der Waals surface area (Å²) in [7, 11) is 1.94. The van der Waals surface area contributed by atoms with Crippen LogP contribution in [0.25, 0.3) is 11.4 Å². The molecule has 1 aromatic carbocycles. The molecule has 6 nitrogen and oxygen atoms in total. The molecule has 3 rings (SSSR count). The summed E-state index contributed by atoms with van der Waals surface area (Å²) < 4.78 is 1.94. The van der Waals surface area contributed by atoms with Crippen molar-refractivity contribution in [2.45, 2.75) is 38.3 Å². The number of benzene rings is 1. The average Bonchev–Trinajstić information content (AvgIpc) is 3.15. The number of likely N-dealkylation sites (tertiary alicyclic amines) is 1. The Morgan fingerprint density at radius 1 is 1.42 bits per heavy atom. The van der Waals surface area contributed by atoms with Crippen LogP contribution in [0.15, 0.2) is 36.7 Å². The van der Waals surface area contributed by atoms with Crippen molar-refractivity contribution < 1.29 is 9.90 Å². The van der Waals surface area contributed by atoms with Crippen LogP contribution < -0.4 is 5.32 Å². The van der Waals surface area contributed by atoms with Crippen molar-refractivity contribution >= 4 is 11.7 Å². The maximum Gasteiger partial charge on any atom is 0.322 e. The molecule has 0 radical (unpaired) electrons. The summed E-state index contributed by atoms with van der Waals surface area (Å²) in [4.78, 5) is 18.7. The number of anilines is 1. The molecular formula is C18H24N4O2. The largest absolute Gasteiger partial charge is 0.388 e. The van der Waals surface area contributed by atoms with Crippen molar-refractivity contribution in [3.8, 4) is 11.4 Å². The number of amides is 2.